The van der Waals surface area contributed by atoms with Crippen molar-refractivity contribution in [1.82, 2.24) is 0 Å². The predicted octanol–water partition coefficient (Wildman–Crippen LogP) is 13.6. The lowest BCUT2D eigenvalue weighted by molar-refractivity contribution is 0.398. The third-order valence-electron chi connectivity index (χ3n) is 10.9. The smallest absolute Gasteiger partial charge is 0.0411 e. The average Bonchev–Trinajstić information content (AvgIpc) is 3.36. The van der Waals surface area contributed by atoms with E-state index in [9.17, 15) is 0 Å². The fraction of sp³-hybridized carbons (Fsp3) is 0.467. The molecule has 4 aromatic rings. The Morgan fingerprint density at radius 1 is 0.426 bits per heavy atom. The molecule has 0 bridgehead atoms. The van der Waals surface area contributed by atoms with Gasteiger partial charge in [0, 0.05) is 42.3 Å². The van der Waals surface area contributed by atoms with E-state index in [1.165, 1.54) is 135 Å². The van der Waals surface area contributed by atoms with Crippen molar-refractivity contribution >= 4 is 22.7 Å². The van der Waals surface area contributed by atoms with E-state index in [1.807, 2.05) is 0 Å². The third-order valence-corrected chi connectivity index (χ3v) is 10.9. The Labute approximate surface area is 287 Å². The monoisotopic (exact) mass is 628 g/mol. The Morgan fingerprint density at radius 3 is 1.15 bits per heavy atom. The minimum Gasteiger partial charge on any atom is -0.345 e. The van der Waals surface area contributed by atoms with E-state index in [0.29, 0.717) is 0 Å². The largest absolute Gasteiger partial charge is 0.345 e. The van der Waals surface area contributed by atoms with Crippen LogP contribution in [0.1, 0.15) is 126 Å². The van der Waals surface area contributed by atoms with Crippen LogP contribution in [0.25, 0.3) is 11.1 Å². The molecule has 0 spiro atoms. The summed E-state index contributed by atoms with van der Waals surface area (Å²) in [6.07, 6.45) is 18.4. The highest BCUT2D eigenvalue weighted by Crippen LogP contribution is 2.56. The van der Waals surface area contributed by atoms with Crippen molar-refractivity contribution in [3.8, 4) is 11.1 Å². The van der Waals surface area contributed by atoms with Crippen molar-refractivity contribution in [2.45, 2.75) is 123 Å². The fourth-order valence-corrected chi connectivity index (χ4v) is 7.80. The molecule has 0 atom stereocenters. The summed E-state index contributed by atoms with van der Waals surface area (Å²) in [6.45, 7) is 8.97. The van der Waals surface area contributed by atoms with E-state index in [1.54, 1.807) is 11.1 Å². The SMILES string of the molecule is CCCCCCCCC1(CCCCCCCC)c2cc(N(C)c3ccc(C)cc3)ccc2-c2ccc(N(C)c3ccc(C)cc3)cc21. The van der Waals surface area contributed by atoms with Crippen molar-refractivity contribution in [3.63, 3.8) is 0 Å². The van der Waals surface area contributed by atoms with E-state index < -0.39 is 0 Å². The summed E-state index contributed by atoms with van der Waals surface area (Å²) in [4.78, 5) is 4.75. The zero-order chi connectivity index (χ0) is 33.2. The van der Waals surface area contributed by atoms with E-state index in [4.69, 9.17) is 0 Å². The number of rotatable bonds is 18. The lowest BCUT2D eigenvalue weighted by Gasteiger charge is -2.34. The van der Waals surface area contributed by atoms with Crippen LogP contribution >= 0.6 is 0 Å². The molecule has 1 aliphatic carbocycles. The molecule has 0 heterocycles. The zero-order valence-corrected chi connectivity index (χ0v) is 30.4. The highest BCUT2D eigenvalue weighted by atomic mass is 15.1. The Hall–Kier alpha value is -3.52. The molecule has 250 valence electrons. The normalized spacial score (nSPS) is 13.0. The highest BCUT2D eigenvalue weighted by molar-refractivity contribution is 5.85. The van der Waals surface area contributed by atoms with Gasteiger partial charge in [-0.15, -0.1) is 0 Å². The Balaban J connectivity index is 1.56. The number of benzene rings is 4. The first-order valence-corrected chi connectivity index (χ1v) is 18.8. The molecule has 2 heteroatoms. The van der Waals surface area contributed by atoms with Crippen LogP contribution in [0.2, 0.25) is 0 Å². The van der Waals surface area contributed by atoms with Crippen molar-refractivity contribution in [3.05, 3.63) is 107 Å². The van der Waals surface area contributed by atoms with Gasteiger partial charge in [0.1, 0.15) is 0 Å². The molecule has 0 aliphatic heterocycles. The van der Waals surface area contributed by atoms with Gasteiger partial charge >= 0.3 is 0 Å². The maximum atomic E-state index is 2.56. The van der Waals surface area contributed by atoms with E-state index in [0.717, 1.165) is 0 Å². The van der Waals surface area contributed by atoms with Gasteiger partial charge in [-0.3, -0.25) is 0 Å². The van der Waals surface area contributed by atoms with Crippen LogP contribution in [-0.2, 0) is 5.41 Å². The van der Waals surface area contributed by atoms with Gasteiger partial charge in [-0.1, -0.05) is 138 Å². The van der Waals surface area contributed by atoms with Crippen LogP contribution in [0.3, 0.4) is 0 Å². The Kier molecular flexibility index (Phi) is 12.2. The van der Waals surface area contributed by atoms with Gasteiger partial charge in [-0.05, 0) is 97.5 Å². The molecule has 1 aliphatic rings. The summed E-state index contributed by atoms with van der Waals surface area (Å²) in [5.74, 6) is 0. The molecular formula is C45H60N2. The van der Waals surface area contributed by atoms with E-state index in [2.05, 4.69) is 137 Å². The van der Waals surface area contributed by atoms with Gasteiger partial charge in [0.15, 0.2) is 0 Å². The number of aryl methyl sites for hydroxylation is 2. The van der Waals surface area contributed by atoms with Crippen LogP contribution in [0.5, 0.6) is 0 Å². The summed E-state index contributed by atoms with van der Waals surface area (Å²) >= 11 is 0. The van der Waals surface area contributed by atoms with Crippen molar-refractivity contribution < 1.29 is 0 Å². The molecule has 0 fully saturated rings. The molecule has 0 N–H and O–H groups in total. The van der Waals surface area contributed by atoms with E-state index >= 15 is 0 Å². The molecule has 0 unspecified atom stereocenters. The molecule has 4 aromatic carbocycles. The number of anilines is 4. The summed E-state index contributed by atoms with van der Waals surface area (Å²) in [5, 5.41) is 0. The number of hydrogen-bond acceptors (Lipinski definition) is 2. The van der Waals surface area contributed by atoms with Crippen LogP contribution in [0, 0.1) is 13.8 Å². The fourth-order valence-electron chi connectivity index (χ4n) is 7.80. The Morgan fingerprint density at radius 2 is 0.766 bits per heavy atom. The van der Waals surface area contributed by atoms with Gasteiger partial charge in [-0.2, -0.15) is 0 Å². The maximum absolute atomic E-state index is 2.56. The number of hydrogen-bond donors (Lipinski definition) is 0. The molecule has 2 nitrogen and oxygen atoms in total. The van der Waals surface area contributed by atoms with Crippen molar-refractivity contribution in [2.24, 2.45) is 0 Å². The lowest BCUT2D eigenvalue weighted by atomic mass is 9.70. The summed E-state index contributed by atoms with van der Waals surface area (Å²) < 4.78 is 0. The minimum atomic E-state index is 0.0361. The number of unbranched alkanes of at least 4 members (excludes halogenated alkanes) is 10. The topological polar surface area (TPSA) is 6.48 Å². The molecule has 0 aromatic heterocycles. The van der Waals surface area contributed by atoms with Gasteiger partial charge < -0.3 is 9.80 Å². The molecule has 0 saturated heterocycles. The first kappa shape index (κ1) is 34.8. The van der Waals surface area contributed by atoms with Crippen molar-refractivity contribution in [1.29, 1.82) is 0 Å². The second kappa shape index (κ2) is 16.5. The molecule has 0 amide bonds. The third kappa shape index (κ3) is 8.14. The predicted molar refractivity (Wildman–Crippen MR) is 207 cm³/mol. The Bertz CT molecular complexity index is 1430. The van der Waals surface area contributed by atoms with Gasteiger partial charge in [0.25, 0.3) is 0 Å². The van der Waals surface area contributed by atoms with Crippen molar-refractivity contribution in [2.75, 3.05) is 23.9 Å². The van der Waals surface area contributed by atoms with Gasteiger partial charge in [-0.25, -0.2) is 0 Å². The molecule has 0 saturated carbocycles. The zero-order valence-electron chi connectivity index (χ0n) is 30.4. The average molecular weight is 629 g/mol. The summed E-state index contributed by atoms with van der Waals surface area (Å²) in [5.41, 5.74) is 13.7. The molecular weight excluding hydrogens is 569 g/mol. The van der Waals surface area contributed by atoms with Crippen LogP contribution in [0.4, 0.5) is 22.7 Å². The summed E-state index contributed by atoms with van der Waals surface area (Å²) in [7, 11) is 4.46. The highest BCUT2D eigenvalue weighted by Gasteiger charge is 2.43. The number of fused-ring (bicyclic) bond motifs is 3. The van der Waals surface area contributed by atoms with Crippen LogP contribution < -0.4 is 9.80 Å². The number of nitrogens with zero attached hydrogens (tertiary/aromatic N) is 2. The second-order valence-electron chi connectivity index (χ2n) is 14.4. The minimum absolute atomic E-state index is 0.0361. The van der Waals surface area contributed by atoms with Gasteiger partial charge in [0.2, 0.25) is 0 Å². The first-order chi connectivity index (χ1) is 22.9. The van der Waals surface area contributed by atoms with Crippen LogP contribution in [0.15, 0.2) is 84.9 Å². The van der Waals surface area contributed by atoms with Gasteiger partial charge in [0.05, 0.1) is 0 Å². The maximum Gasteiger partial charge on any atom is 0.0411 e. The lowest BCUT2D eigenvalue weighted by Crippen LogP contribution is -2.26. The standard InChI is InChI=1S/C45H60N2/c1-7-9-11-13-15-17-31-45(32-18-16-14-12-10-8-2)43-33-39(46(5)37-23-19-35(3)20-24-37)27-29-41(43)42-30-28-40(34-44(42)45)47(6)38-25-21-36(4)22-26-38/h19-30,33-34H,7-18,31-32H2,1-6H3. The summed E-state index contributed by atoms with van der Waals surface area (Å²) in [6, 6.07) is 32.6. The molecule has 5 rings (SSSR count). The van der Waals surface area contributed by atoms with E-state index in [-0.39, 0.29) is 5.41 Å². The first-order valence-electron chi connectivity index (χ1n) is 18.8. The quantitative estimate of drug-likeness (QED) is 0.101. The second-order valence-corrected chi connectivity index (χ2v) is 14.4. The molecule has 0 radical (unpaired) electrons. The van der Waals surface area contributed by atoms with Crippen LogP contribution in [-0.4, -0.2) is 14.1 Å². The molecule has 47 heavy (non-hydrogen) atoms.